The van der Waals surface area contributed by atoms with Gasteiger partial charge in [0.05, 0.1) is 31.2 Å². The summed E-state index contributed by atoms with van der Waals surface area (Å²) < 4.78 is 19.3. The van der Waals surface area contributed by atoms with E-state index in [2.05, 4.69) is 30.5 Å². The Balaban J connectivity index is 1.25. The summed E-state index contributed by atoms with van der Waals surface area (Å²) in [6.45, 7) is 0.631. The van der Waals surface area contributed by atoms with Crippen molar-refractivity contribution < 1.29 is 18.7 Å². The standard InChI is InChI=1S/C23H23ClFN7O3/c1-35-19-8-14(15(25)11-28-19)16-9-17(31-30-16)22(34)32-7-2-13(10-23(32)3-4-23)21(33)29-12-18-20(24)27-6-5-26-18/h5-6,8-9,11,13H,2-4,7,10,12H2,1H3,(H,29,33)(H,30,31)/t13-/m0/s1. The molecule has 12 heteroatoms. The van der Waals surface area contributed by atoms with E-state index < -0.39 is 5.82 Å². The number of pyridine rings is 1. The number of methoxy groups -OCH3 is 1. The van der Waals surface area contributed by atoms with Crippen LogP contribution in [0.25, 0.3) is 11.3 Å². The molecule has 4 heterocycles. The second kappa shape index (κ2) is 9.21. The molecule has 2 fully saturated rings. The predicted octanol–water partition coefficient (Wildman–Crippen LogP) is 2.76. The second-order valence-electron chi connectivity index (χ2n) is 8.76. The van der Waals surface area contributed by atoms with Crippen molar-refractivity contribution in [3.8, 4) is 17.1 Å². The van der Waals surface area contributed by atoms with Crippen molar-refractivity contribution in [3.05, 3.63) is 53.1 Å². The summed E-state index contributed by atoms with van der Waals surface area (Å²) in [5.41, 5.74) is 0.915. The van der Waals surface area contributed by atoms with Gasteiger partial charge in [-0.15, -0.1) is 0 Å². The number of nitrogens with one attached hydrogen (secondary N) is 2. The van der Waals surface area contributed by atoms with Gasteiger partial charge in [-0.2, -0.15) is 5.10 Å². The Morgan fingerprint density at radius 3 is 2.83 bits per heavy atom. The van der Waals surface area contributed by atoms with Crippen LogP contribution in [0.4, 0.5) is 4.39 Å². The molecule has 182 valence electrons. The van der Waals surface area contributed by atoms with Gasteiger partial charge in [-0.05, 0) is 31.7 Å². The first kappa shape index (κ1) is 23.2. The minimum Gasteiger partial charge on any atom is -0.481 e. The average Bonchev–Trinajstić information content (AvgIpc) is 3.44. The van der Waals surface area contributed by atoms with Crippen molar-refractivity contribution in [2.45, 2.75) is 37.8 Å². The van der Waals surface area contributed by atoms with Crippen LogP contribution < -0.4 is 10.1 Å². The maximum absolute atomic E-state index is 14.3. The summed E-state index contributed by atoms with van der Waals surface area (Å²) in [6, 6.07) is 2.97. The highest BCUT2D eigenvalue weighted by molar-refractivity contribution is 6.30. The van der Waals surface area contributed by atoms with E-state index in [1.165, 1.54) is 31.6 Å². The van der Waals surface area contributed by atoms with Crippen LogP contribution in [0.1, 0.15) is 41.9 Å². The lowest BCUT2D eigenvalue weighted by Gasteiger charge is -2.39. The Morgan fingerprint density at radius 2 is 2.09 bits per heavy atom. The smallest absolute Gasteiger partial charge is 0.274 e. The zero-order valence-electron chi connectivity index (χ0n) is 18.9. The van der Waals surface area contributed by atoms with Crippen molar-refractivity contribution in [1.82, 2.24) is 35.4 Å². The van der Waals surface area contributed by atoms with Crippen LogP contribution in [-0.2, 0) is 11.3 Å². The Morgan fingerprint density at radius 1 is 1.29 bits per heavy atom. The van der Waals surface area contributed by atoms with Gasteiger partial charge >= 0.3 is 0 Å². The van der Waals surface area contributed by atoms with E-state index in [0.29, 0.717) is 30.8 Å². The molecular formula is C23H23ClFN7O3. The van der Waals surface area contributed by atoms with Crippen molar-refractivity contribution in [1.29, 1.82) is 0 Å². The summed E-state index contributed by atoms with van der Waals surface area (Å²) in [6.07, 6.45) is 6.83. The molecule has 35 heavy (non-hydrogen) atoms. The summed E-state index contributed by atoms with van der Waals surface area (Å²) >= 11 is 6.02. The molecule has 1 saturated carbocycles. The molecule has 1 spiro atoms. The Labute approximate surface area is 205 Å². The van der Waals surface area contributed by atoms with Crippen molar-refractivity contribution in [2.24, 2.45) is 5.92 Å². The van der Waals surface area contributed by atoms with Crippen molar-refractivity contribution >= 4 is 23.4 Å². The zero-order chi connectivity index (χ0) is 24.6. The van der Waals surface area contributed by atoms with Gasteiger partial charge in [-0.1, -0.05) is 11.6 Å². The quantitative estimate of drug-likeness (QED) is 0.534. The normalized spacial score (nSPS) is 18.4. The third kappa shape index (κ3) is 4.55. The third-order valence-corrected chi connectivity index (χ3v) is 6.94. The number of amides is 2. The monoisotopic (exact) mass is 499 g/mol. The number of aromatic nitrogens is 5. The van der Waals surface area contributed by atoms with Crippen LogP contribution in [0.3, 0.4) is 0 Å². The van der Waals surface area contributed by atoms with Gasteiger partial charge in [0.25, 0.3) is 5.91 Å². The van der Waals surface area contributed by atoms with E-state index >= 15 is 0 Å². The lowest BCUT2D eigenvalue weighted by Crippen LogP contribution is -2.50. The van der Waals surface area contributed by atoms with E-state index in [9.17, 15) is 14.0 Å². The number of ether oxygens (including phenoxy) is 1. The minimum absolute atomic E-state index is 0.0886. The number of hydrogen-bond donors (Lipinski definition) is 2. The first-order valence-corrected chi connectivity index (χ1v) is 11.6. The minimum atomic E-state index is -0.554. The van der Waals surface area contributed by atoms with Crippen LogP contribution in [0.2, 0.25) is 5.15 Å². The van der Waals surface area contributed by atoms with Crippen LogP contribution in [-0.4, -0.2) is 61.1 Å². The fourth-order valence-electron chi connectivity index (χ4n) is 4.58. The third-order valence-electron chi connectivity index (χ3n) is 6.62. The number of hydrogen-bond acceptors (Lipinski definition) is 7. The van der Waals surface area contributed by atoms with Gasteiger partial charge < -0.3 is 15.0 Å². The first-order valence-electron chi connectivity index (χ1n) is 11.2. The molecule has 1 atom stereocenters. The first-order chi connectivity index (χ1) is 16.9. The number of piperidine rings is 1. The lowest BCUT2D eigenvalue weighted by molar-refractivity contribution is -0.127. The molecule has 1 saturated heterocycles. The fourth-order valence-corrected chi connectivity index (χ4v) is 4.75. The van der Waals surface area contributed by atoms with E-state index in [1.807, 2.05) is 0 Å². The molecule has 1 aliphatic heterocycles. The van der Waals surface area contributed by atoms with Crippen LogP contribution in [0.5, 0.6) is 5.88 Å². The number of halogens is 2. The van der Waals surface area contributed by atoms with E-state index in [4.69, 9.17) is 16.3 Å². The van der Waals surface area contributed by atoms with Crippen LogP contribution in [0, 0.1) is 11.7 Å². The van der Waals surface area contributed by atoms with E-state index in [0.717, 1.165) is 19.0 Å². The maximum atomic E-state index is 14.3. The molecule has 5 rings (SSSR count). The van der Waals surface area contributed by atoms with Gasteiger partial charge in [-0.3, -0.25) is 19.7 Å². The molecule has 1 aliphatic carbocycles. The molecule has 0 radical (unpaired) electrons. The van der Waals surface area contributed by atoms with Crippen LogP contribution >= 0.6 is 11.6 Å². The number of carbonyl (C=O) groups excluding carboxylic acids is 2. The number of aromatic amines is 1. The molecule has 3 aromatic heterocycles. The number of nitrogens with zero attached hydrogens (tertiary/aromatic N) is 5. The summed E-state index contributed by atoms with van der Waals surface area (Å²) in [5, 5.41) is 10.0. The lowest BCUT2D eigenvalue weighted by atomic mass is 9.88. The van der Waals surface area contributed by atoms with Gasteiger partial charge in [0.1, 0.15) is 0 Å². The average molecular weight is 500 g/mol. The summed E-state index contributed by atoms with van der Waals surface area (Å²) in [5.74, 6) is -0.847. The molecular weight excluding hydrogens is 477 g/mol. The van der Waals surface area contributed by atoms with E-state index in [1.54, 1.807) is 4.90 Å². The number of carbonyl (C=O) groups is 2. The Bertz CT molecular complexity index is 1280. The zero-order valence-corrected chi connectivity index (χ0v) is 19.7. The van der Waals surface area contributed by atoms with Crippen LogP contribution in [0.15, 0.2) is 30.7 Å². The molecule has 2 N–H and O–H groups in total. The van der Waals surface area contributed by atoms with Gasteiger partial charge in [0.15, 0.2) is 16.7 Å². The van der Waals surface area contributed by atoms with E-state index in [-0.39, 0.29) is 52.1 Å². The summed E-state index contributed by atoms with van der Waals surface area (Å²) in [4.78, 5) is 39.9. The largest absolute Gasteiger partial charge is 0.481 e. The number of H-pyrrole nitrogens is 1. The molecule has 0 bridgehead atoms. The van der Waals surface area contributed by atoms with Gasteiger partial charge in [0.2, 0.25) is 11.8 Å². The fraction of sp³-hybridized carbons (Fsp3) is 0.391. The highest BCUT2D eigenvalue weighted by Crippen LogP contribution is 2.50. The topological polar surface area (TPSA) is 126 Å². The van der Waals surface area contributed by atoms with Gasteiger partial charge in [-0.25, -0.2) is 14.4 Å². The number of rotatable bonds is 6. The molecule has 2 aliphatic rings. The molecule has 0 unspecified atom stereocenters. The predicted molar refractivity (Wildman–Crippen MR) is 123 cm³/mol. The molecule has 3 aromatic rings. The van der Waals surface area contributed by atoms with Crippen molar-refractivity contribution in [2.75, 3.05) is 13.7 Å². The molecule has 10 nitrogen and oxygen atoms in total. The maximum Gasteiger partial charge on any atom is 0.274 e. The van der Waals surface area contributed by atoms with Gasteiger partial charge in [0, 0.05) is 42.0 Å². The number of likely N-dealkylation sites (tertiary alicyclic amines) is 1. The van der Waals surface area contributed by atoms with Crippen molar-refractivity contribution in [3.63, 3.8) is 0 Å². The SMILES string of the molecule is COc1cc(-c2cc(C(=O)N3CC[C@H](C(=O)NCc4nccnc4Cl)CC34CC4)n[nH]2)c(F)cn1. The molecule has 0 aromatic carbocycles. The molecule has 2 amide bonds. The summed E-state index contributed by atoms with van der Waals surface area (Å²) in [7, 11) is 1.44. The second-order valence-corrected chi connectivity index (χ2v) is 9.11. The Hall–Kier alpha value is -3.60. The highest BCUT2D eigenvalue weighted by atomic mass is 35.5. The Kier molecular flexibility index (Phi) is 6.10. The highest BCUT2D eigenvalue weighted by Gasteiger charge is 2.54.